The summed E-state index contributed by atoms with van der Waals surface area (Å²) >= 11 is 5.62. The molecule has 1 rings (SSSR count). The van der Waals surface area contributed by atoms with Crippen LogP contribution in [0.15, 0.2) is 12.1 Å². The van der Waals surface area contributed by atoms with Gasteiger partial charge in [-0.2, -0.15) is 5.26 Å². The molecule has 1 aromatic heterocycles. The van der Waals surface area contributed by atoms with E-state index in [0.29, 0.717) is 5.56 Å². The zero-order valence-electron chi connectivity index (χ0n) is 7.45. The topological polar surface area (TPSA) is 63.0 Å². The first-order valence-corrected chi connectivity index (χ1v) is 4.17. The summed E-state index contributed by atoms with van der Waals surface area (Å²) in [5, 5.41) is 8.71. The molecule has 0 amide bonds. The minimum Gasteiger partial charge on any atom is -0.464 e. The molecule has 0 fully saturated rings. The third-order valence-corrected chi connectivity index (χ3v) is 1.80. The van der Waals surface area contributed by atoms with E-state index in [0.717, 1.165) is 0 Å². The smallest absolute Gasteiger partial charge is 0.357 e. The number of carbonyl (C=O) groups is 1. The van der Waals surface area contributed by atoms with Crippen LogP contribution < -0.4 is 0 Å². The number of nitriles is 1. The van der Waals surface area contributed by atoms with Crippen molar-refractivity contribution in [1.29, 1.82) is 5.26 Å². The van der Waals surface area contributed by atoms with Crippen molar-refractivity contribution in [2.24, 2.45) is 0 Å². The van der Waals surface area contributed by atoms with Crippen LogP contribution in [0, 0.1) is 11.3 Å². The number of nitrogens with zero attached hydrogens (tertiary/aromatic N) is 2. The summed E-state index contributed by atoms with van der Waals surface area (Å²) in [5.74, 6) is -0.585. The second-order valence-electron chi connectivity index (χ2n) is 2.47. The van der Waals surface area contributed by atoms with Crippen LogP contribution in [-0.2, 0) is 11.2 Å². The van der Waals surface area contributed by atoms with Crippen LogP contribution in [-0.4, -0.2) is 18.1 Å². The number of aromatic nitrogens is 1. The van der Waals surface area contributed by atoms with Crippen molar-refractivity contribution in [2.45, 2.75) is 6.42 Å². The molecular formula is C9H7ClN2O2. The van der Waals surface area contributed by atoms with E-state index in [1.54, 1.807) is 6.07 Å². The van der Waals surface area contributed by atoms with Gasteiger partial charge in [0.25, 0.3) is 0 Å². The van der Waals surface area contributed by atoms with Crippen molar-refractivity contribution in [1.82, 2.24) is 4.98 Å². The first-order valence-electron chi connectivity index (χ1n) is 3.79. The number of hydrogen-bond donors (Lipinski definition) is 0. The van der Waals surface area contributed by atoms with Crippen LogP contribution >= 0.6 is 11.6 Å². The standard InChI is InChI=1S/C9H7ClN2O2/c1-14-9(13)8-6(4-5-11)2-3-7(10)12-8/h2-3H,4H2,1H3. The average molecular weight is 211 g/mol. The van der Waals surface area contributed by atoms with E-state index in [1.165, 1.54) is 13.2 Å². The Balaban J connectivity index is 3.16. The molecule has 0 N–H and O–H groups in total. The van der Waals surface area contributed by atoms with E-state index in [9.17, 15) is 4.79 Å². The summed E-state index contributed by atoms with van der Waals surface area (Å²) in [7, 11) is 1.25. The molecule has 5 heteroatoms. The maximum Gasteiger partial charge on any atom is 0.357 e. The van der Waals surface area contributed by atoms with E-state index >= 15 is 0 Å². The Hall–Kier alpha value is -1.60. The quantitative estimate of drug-likeness (QED) is 0.549. The van der Waals surface area contributed by atoms with Crippen molar-refractivity contribution < 1.29 is 9.53 Å². The highest BCUT2D eigenvalue weighted by atomic mass is 35.5. The predicted octanol–water partition coefficient (Wildman–Crippen LogP) is 1.59. The van der Waals surface area contributed by atoms with Crippen LogP contribution in [0.2, 0.25) is 5.15 Å². The Kier molecular flexibility index (Phi) is 3.43. The summed E-state index contributed by atoms with van der Waals surface area (Å²) in [5.41, 5.74) is 0.616. The molecule has 0 atom stereocenters. The predicted molar refractivity (Wildman–Crippen MR) is 49.9 cm³/mol. The molecule has 0 bridgehead atoms. The van der Waals surface area contributed by atoms with Crippen molar-refractivity contribution in [2.75, 3.05) is 7.11 Å². The third kappa shape index (κ3) is 2.21. The summed E-state index contributed by atoms with van der Waals surface area (Å²) in [6, 6.07) is 5.05. The Morgan fingerprint density at radius 2 is 2.43 bits per heavy atom. The van der Waals surface area contributed by atoms with Crippen molar-refractivity contribution in [3.8, 4) is 6.07 Å². The van der Waals surface area contributed by atoms with Crippen molar-refractivity contribution in [3.63, 3.8) is 0 Å². The largest absolute Gasteiger partial charge is 0.464 e. The number of halogens is 1. The molecule has 72 valence electrons. The Labute approximate surface area is 86.1 Å². The maximum absolute atomic E-state index is 11.2. The number of hydrogen-bond acceptors (Lipinski definition) is 4. The number of ether oxygens (including phenoxy) is 1. The van der Waals surface area contributed by atoms with Crippen molar-refractivity contribution >= 4 is 17.6 Å². The molecule has 0 saturated carbocycles. The zero-order chi connectivity index (χ0) is 10.6. The third-order valence-electron chi connectivity index (χ3n) is 1.59. The highest BCUT2D eigenvalue weighted by Gasteiger charge is 2.13. The van der Waals surface area contributed by atoms with Gasteiger partial charge in [-0.25, -0.2) is 9.78 Å². The highest BCUT2D eigenvalue weighted by Crippen LogP contribution is 2.12. The molecule has 4 nitrogen and oxygen atoms in total. The molecular weight excluding hydrogens is 204 g/mol. The monoisotopic (exact) mass is 210 g/mol. The summed E-state index contributed by atoms with van der Waals surface area (Å²) in [6.45, 7) is 0. The van der Waals surface area contributed by atoms with Gasteiger partial charge >= 0.3 is 5.97 Å². The van der Waals surface area contributed by atoms with Gasteiger partial charge in [-0.05, 0) is 11.6 Å². The van der Waals surface area contributed by atoms with E-state index < -0.39 is 5.97 Å². The molecule has 0 aromatic carbocycles. The zero-order valence-corrected chi connectivity index (χ0v) is 8.21. The second kappa shape index (κ2) is 4.58. The molecule has 0 radical (unpaired) electrons. The fourth-order valence-electron chi connectivity index (χ4n) is 0.965. The lowest BCUT2D eigenvalue weighted by atomic mass is 10.1. The summed E-state index contributed by atoms with van der Waals surface area (Å²) in [6.07, 6.45) is 0.106. The number of rotatable bonds is 2. The van der Waals surface area contributed by atoms with Gasteiger partial charge in [0.05, 0.1) is 19.6 Å². The second-order valence-corrected chi connectivity index (χ2v) is 2.86. The number of carbonyl (C=O) groups excluding carboxylic acids is 1. The fourth-order valence-corrected chi connectivity index (χ4v) is 1.11. The molecule has 0 unspecified atom stereocenters. The summed E-state index contributed by atoms with van der Waals surface area (Å²) in [4.78, 5) is 15.0. The number of methoxy groups -OCH3 is 1. The minimum absolute atomic E-state index is 0.0987. The molecule has 0 aliphatic rings. The van der Waals surface area contributed by atoms with Gasteiger partial charge in [0.1, 0.15) is 5.15 Å². The Morgan fingerprint density at radius 3 is 3.00 bits per heavy atom. The van der Waals surface area contributed by atoms with Gasteiger partial charge < -0.3 is 4.74 Å². The van der Waals surface area contributed by atoms with Gasteiger partial charge in [-0.1, -0.05) is 17.7 Å². The minimum atomic E-state index is -0.585. The first kappa shape index (κ1) is 10.5. The molecule has 14 heavy (non-hydrogen) atoms. The van der Waals surface area contributed by atoms with Gasteiger partial charge in [0.15, 0.2) is 5.69 Å². The molecule has 1 heterocycles. The SMILES string of the molecule is COC(=O)c1nc(Cl)ccc1CC#N. The first-order chi connectivity index (χ1) is 6.69. The summed E-state index contributed by atoms with van der Waals surface area (Å²) < 4.78 is 4.51. The lowest BCUT2D eigenvalue weighted by Gasteiger charge is -2.03. The Bertz CT molecular complexity index is 398. The fraction of sp³-hybridized carbons (Fsp3) is 0.222. The van der Waals surface area contributed by atoms with E-state index in [-0.39, 0.29) is 17.3 Å². The van der Waals surface area contributed by atoms with E-state index in [2.05, 4.69) is 9.72 Å². The lowest BCUT2D eigenvalue weighted by molar-refractivity contribution is 0.0593. The molecule has 1 aromatic rings. The molecule has 0 saturated heterocycles. The van der Waals surface area contributed by atoms with Gasteiger partial charge in [-0.3, -0.25) is 0 Å². The van der Waals surface area contributed by atoms with Crippen LogP contribution in [0.1, 0.15) is 16.1 Å². The number of esters is 1. The number of pyridine rings is 1. The van der Waals surface area contributed by atoms with Gasteiger partial charge in [-0.15, -0.1) is 0 Å². The maximum atomic E-state index is 11.2. The van der Waals surface area contributed by atoms with Crippen LogP contribution in [0.5, 0.6) is 0 Å². The molecule has 0 aliphatic carbocycles. The van der Waals surface area contributed by atoms with Gasteiger partial charge in [0, 0.05) is 0 Å². The molecule has 0 aliphatic heterocycles. The van der Waals surface area contributed by atoms with Crippen molar-refractivity contribution in [3.05, 3.63) is 28.5 Å². The normalized spacial score (nSPS) is 9.21. The highest BCUT2D eigenvalue weighted by molar-refractivity contribution is 6.29. The van der Waals surface area contributed by atoms with Crippen LogP contribution in [0.4, 0.5) is 0 Å². The average Bonchev–Trinajstić information content (AvgIpc) is 2.20. The van der Waals surface area contributed by atoms with Crippen LogP contribution in [0.25, 0.3) is 0 Å². The lowest BCUT2D eigenvalue weighted by Crippen LogP contribution is -2.08. The van der Waals surface area contributed by atoms with Crippen LogP contribution in [0.3, 0.4) is 0 Å². The molecule has 0 spiro atoms. The Morgan fingerprint density at radius 1 is 1.71 bits per heavy atom. The van der Waals surface area contributed by atoms with Gasteiger partial charge in [0.2, 0.25) is 0 Å². The van der Waals surface area contributed by atoms with E-state index in [1.807, 2.05) is 6.07 Å². The van der Waals surface area contributed by atoms with E-state index in [4.69, 9.17) is 16.9 Å².